The van der Waals surface area contributed by atoms with E-state index >= 15 is 0 Å². The van der Waals surface area contributed by atoms with Gasteiger partial charge in [-0.1, -0.05) is 28.9 Å². The van der Waals surface area contributed by atoms with Crippen molar-refractivity contribution in [2.24, 2.45) is 0 Å². The molecule has 1 saturated heterocycles. The number of benzene rings is 1. The van der Waals surface area contributed by atoms with Crippen LogP contribution in [0.15, 0.2) is 34.9 Å². The van der Waals surface area contributed by atoms with Gasteiger partial charge in [-0.2, -0.15) is 0 Å². The monoisotopic (exact) mass is 364 g/mol. The Morgan fingerprint density at radius 2 is 2.00 bits per heavy atom. The fraction of sp³-hybridized carbons (Fsp3) is 0.353. The smallest absolute Gasteiger partial charge is 0.305 e. The topological polar surface area (TPSA) is 102 Å². The van der Waals surface area contributed by atoms with Gasteiger partial charge in [-0.15, -0.1) is 0 Å². The Labute approximate surface area is 148 Å². The molecule has 1 fully saturated rings. The summed E-state index contributed by atoms with van der Waals surface area (Å²) in [5.41, 5.74) is -0.141. The molecule has 1 aliphatic heterocycles. The van der Waals surface area contributed by atoms with Crippen LogP contribution in [0.4, 0.5) is 0 Å². The number of amides is 1. The van der Waals surface area contributed by atoms with Crippen molar-refractivity contribution in [3.8, 4) is 11.3 Å². The van der Waals surface area contributed by atoms with Crippen LogP contribution in [0.5, 0.6) is 0 Å². The van der Waals surface area contributed by atoms with E-state index in [0.717, 1.165) is 0 Å². The molecule has 1 aromatic carbocycles. The zero-order chi connectivity index (χ0) is 17.9. The molecule has 0 aliphatic carbocycles. The molecule has 1 amide bonds. The Bertz CT molecular complexity index is 783. The third-order valence-electron chi connectivity index (χ3n) is 4.20. The average Bonchev–Trinajstić information content (AvgIpc) is 3.05. The molecule has 25 heavy (non-hydrogen) atoms. The number of hydrogen-bond donors (Lipinski definition) is 2. The van der Waals surface area contributed by atoms with Crippen LogP contribution in [0.2, 0.25) is 5.02 Å². The number of halogens is 1. The van der Waals surface area contributed by atoms with Crippen LogP contribution in [0.3, 0.4) is 0 Å². The van der Waals surface area contributed by atoms with Crippen molar-refractivity contribution in [3.63, 3.8) is 0 Å². The van der Waals surface area contributed by atoms with Crippen LogP contribution in [0, 0.1) is 0 Å². The molecule has 7 nitrogen and oxygen atoms in total. The Morgan fingerprint density at radius 1 is 1.28 bits per heavy atom. The van der Waals surface area contributed by atoms with E-state index in [1.54, 1.807) is 24.3 Å². The van der Waals surface area contributed by atoms with Gasteiger partial charge in [0.05, 0.1) is 17.0 Å². The second kappa shape index (κ2) is 7.25. The molecule has 0 unspecified atom stereocenters. The van der Waals surface area contributed by atoms with Crippen LogP contribution in [0.25, 0.3) is 11.3 Å². The number of ether oxygens (including phenoxy) is 1. The number of aliphatic carboxylic acids is 1. The zero-order valence-corrected chi connectivity index (χ0v) is 14.1. The fourth-order valence-corrected chi connectivity index (χ4v) is 3.10. The highest BCUT2D eigenvalue weighted by molar-refractivity contribution is 6.33. The van der Waals surface area contributed by atoms with E-state index < -0.39 is 17.4 Å². The van der Waals surface area contributed by atoms with E-state index in [-0.39, 0.29) is 12.1 Å². The molecule has 1 aliphatic rings. The predicted octanol–water partition coefficient (Wildman–Crippen LogP) is 2.75. The van der Waals surface area contributed by atoms with Gasteiger partial charge in [0.2, 0.25) is 0 Å². The molecule has 132 valence electrons. The fourth-order valence-electron chi connectivity index (χ4n) is 2.87. The summed E-state index contributed by atoms with van der Waals surface area (Å²) in [6, 6.07) is 8.55. The molecule has 2 heterocycles. The van der Waals surface area contributed by atoms with E-state index in [2.05, 4.69) is 10.5 Å². The molecule has 1 aromatic heterocycles. The molecule has 2 aromatic rings. The Kier molecular flexibility index (Phi) is 5.06. The third kappa shape index (κ3) is 4.00. The largest absolute Gasteiger partial charge is 0.481 e. The number of carboxylic acid groups (broad SMARTS) is 1. The standard InChI is InChI=1S/C17H17ClN2O5/c18-12-4-2-1-3-11(12)14-9-13(20-25-14)16(23)19-17(10-15(21)22)5-7-24-8-6-17/h1-4,9H,5-8,10H2,(H,19,23)(H,21,22). The summed E-state index contributed by atoms with van der Waals surface area (Å²) in [5.74, 6) is -1.08. The SMILES string of the molecule is O=C(O)CC1(NC(=O)c2cc(-c3ccccc3Cl)on2)CCOCC1. The first-order valence-electron chi connectivity index (χ1n) is 7.83. The molecule has 8 heteroatoms. The first-order valence-corrected chi connectivity index (χ1v) is 8.21. The highest BCUT2D eigenvalue weighted by Gasteiger charge is 2.37. The number of nitrogens with zero attached hydrogens (tertiary/aromatic N) is 1. The molecule has 0 saturated carbocycles. The number of carbonyl (C=O) groups is 2. The normalized spacial score (nSPS) is 16.4. The summed E-state index contributed by atoms with van der Waals surface area (Å²) in [7, 11) is 0. The average molecular weight is 365 g/mol. The summed E-state index contributed by atoms with van der Waals surface area (Å²) < 4.78 is 10.5. The minimum Gasteiger partial charge on any atom is -0.481 e. The minimum absolute atomic E-state index is 0.0752. The van der Waals surface area contributed by atoms with Gasteiger partial charge in [0, 0.05) is 24.8 Å². The van der Waals surface area contributed by atoms with Crippen LogP contribution in [-0.2, 0) is 9.53 Å². The molecule has 0 spiro atoms. The van der Waals surface area contributed by atoms with Crippen LogP contribution in [0.1, 0.15) is 29.8 Å². The summed E-state index contributed by atoms with van der Waals surface area (Å²) in [6.45, 7) is 0.800. The van der Waals surface area contributed by atoms with Gasteiger partial charge in [0.15, 0.2) is 11.5 Å². The minimum atomic E-state index is -0.973. The van der Waals surface area contributed by atoms with E-state index in [4.69, 9.17) is 26.0 Å². The predicted molar refractivity (Wildman–Crippen MR) is 89.5 cm³/mol. The lowest BCUT2D eigenvalue weighted by Crippen LogP contribution is -2.53. The molecular weight excluding hydrogens is 348 g/mol. The number of hydrogen-bond acceptors (Lipinski definition) is 5. The maximum absolute atomic E-state index is 12.5. The van der Waals surface area contributed by atoms with E-state index in [1.807, 2.05) is 0 Å². The van der Waals surface area contributed by atoms with Gasteiger partial charge in [-0.05, 0) is 25.0 Å². The number of rotatable bonds is 5. The van der Waals surface area contributed by atoms with Crippen molar-refractivity contribution in [3.05, 3.63) is 41.0 Å². The summed E-state index contributed by atoms with van der Waals surface area (Å²) >= 11 is 6.12. The Hall–Kier alpha value is -2.38. The van der Waals surface area contributed by atoms with Crippen molar-refractivity contribution < 1.29 is 24.0 Å². The van der Waals surface area contributed by atoms with Crippen molar-refractivity contribution >= 4 is 23.5 Å². The van der Waals surface area contributed by atoms with Crippen molar-refractivity contribution in [1.82, 2.24) is 10.5 Å². The first-order chi connectivity index (χ1) is 12.0. The summed E-state index contributed by atoms with van der Waals surface area (Å²) in [6.07, 6.45) is 0.692. The maximum atomic E-state index is 12.5. The summed E-state index contributed by atoms with van der Waals surface area (Å²) in [4.78, 5) is 23.7. The quantitative estimate of drug-likeness (QED) is 0.845. The lowest BCUT2D eigenvalue weighted by atomic mass is 9.86. The van der Waals surface area contributed by atoms with Crippen molar-refractivity contribution in [1.29, 1.82) is 0 Å². The van der Waals surface area contributed by atoms with Gasteiger partial charge in [0.1, 0.15) is 0 Å². The number of nitrogens with one attached hydrogen (secondary N) is 1. The molecule has 0 atom stereocenters. The first kappa shape index (κ1) is 17.4. The van der Waals surface area contributed by atoms with Gasteiger partial charge in [-0.3, -0.25) is 9.59 Å². The lowest BCUT2D eigenvalue weighted by Gasteiger charge is -2.36. The van der Waals surface area contributed by atoms with Gasteiger partial charge >= 0.3 is 5.97 Å². The van der Waals surface area contributed by atoms with E-state index in [9.17, 15) is 9.59 Å². The molecular formula is C17H17ClN2O5. The Morgan fingerprint density at radius 3 is 2.68 bits per heavy atom. The van der Waals surface area contributed by atoms with Crippen LogP contribution < -0.4 is 5.32 Å². The zero-order valence-electron chi connectivity index (χ0n) is 13.3. The molecule has 0 bridgehead atoms. The Balaban J connectivity index is 1.79. The molecule has 3 rings (SSSR count). The second-order valence-corrected chi connectivity index (χ2v) is 6.38. The number of carbonyl (C=O) groups excluding carboxylic acids is 1. The maximum Gasteiger partial charge on any atom is 0.305 e. The highest BCUT2D eigenvalue weighted by Crippen LogP contribution is 2.29. The van der Waals surface area contributed by atoms with E-state index in [1.165, 1.54) is 6.07 Å². The molecule has 0 radical (unpaired) electrons. The van der Waals surface area contributed by atoms with Crippen molar-refractivity contribution in [2.45, 2.75) is 24.8 Å². The highest BCUT2D eigenvalue weighted by atomic mass is 35.5. The van der Waals surface area contributed by atoms with Crippen LogP contribution in [-0.4, -0.2) is 40.9 Å². The van der Waals surface area contributed by atoms with Gasteiger partial charge in [-0.25, -0.2) is 0 Å². The molecule has 2 N–H and O–H groups in total. The van der Waals surface area contributed by atoms with Gasteiger partial charge in [0.25, 0.3) is 5.91 Å². The number of aromatic nitrogens is 1. The third-order valence-corrected chi connectivity index (χ3v) is 4.53. The number of carboxylic acids is 1. The summed E-state index contributed by atoms with van der Waals surface area (Å²) in [5, 5.41) is 16.2. The van der Waals surface area contributed by atoms with Gasteiger partial charge < -0.3 is 19.7 Å². The lowest BCUT2D eigenvalue weighted by molar-refractivity contribution is -0.139. The van der Waals surface area contributed by atoms with E-state index in [0.29, 0.717) is 42.4 Å². The van der Waals surface area contributed by atoms with Crippen molar-refractivity contribution in [2.75, 3.05) is 13.2 Å². The second-order valence-electron chi connectivity index (χ2n) is 5.97. The van der Waals surface area contributed by atoms with Crippen LogP contribution >= 0.6 is 11.6 Å².